The topological polar surface area (TPSA) is 25.8 Å². The van der Waals surface area contributed by atoms with Crippen molar-refractivity contribution in [3.63, 3.8) is 0 Å². The predicted molar refractivity (Wildman–Crippen MR) is 62.3 cm³/mol. The highest BCUT2D eigenvalue weighted by molar-refractivity contribution is 6.30. The Hall–Kier alpha value is -0.630. The van der Waals surface area contributed by atoms with E-state index in [1.807, 2.05) is 6.92 Å². The fraction of sp³-hybridized carbons (Fsp3) is 0.667. The zero-order valence-corrected chi connectivity index (χ0v) is 10.3. The van der Waals surface area contributed by atoms with E-state index in [1.54, 1.807) is 0 Å². The lowest BCUT2D eigenvalue weighted by molar-refractivity contribution is 0.744. The van der Waals surface area contributed by atoms with Crippen molar-refractivity contribution in [1.82, 2.24) is 9.97 Å². The minimum absolute atomic E-state index is 0.396. The first-order chi connectivity index (χ1) is 7.08. The molecule has 2 nitrogen and oxygen atoms in total. The second-order valence-electron chi connectivity index (χ2n) is 4.73. The highest BCUT2D eigenvalue weighted by atomic mass is 35.5. The van der Waals surface area contributed by atoms with Gasteiger partial charge in [0.25, 0.3) is 0 Å². The van der Waals surface area contributed by atoms with Gasteiger partial charge in [-0.15, -0.1) is 0 Å². The van der Waals surface area contributed by atoms with Crippen LogP contribution in [0.25, 0.3) is 0 Å². The Morgan fingerprint density at radius 2 is 2.00 bits per heavy atom. The molecule has 0 aromatic carbocycles. The maximum Gasteiger partial charge on any atom is 0.136 e. The molecule has 0 atom stereocenters. The second-order valence-corrected chi connectivity index (χ2v) is 5.09. The van der Waals surface area contributed by atoms with Gasteiger partial charge in [0.1, 0.15) is 11.0 Å². The van der Waals surface area contributed by atoms with Crippen molar-refractivity contribution in [2.24, 2.45) is 5.92 Å². The van der Waals surface area contributed by atoms with Crippen LogP contribution in [0, 0.1) is 12.8 Å². The second kappa shape index (κ2) is 4.09. The average molecular weight is 225 g/mol. The molecule has 15 heavy (non-hydrogen) atoms. The molecule has 0 aliphatic heterocycles. The van der Waals surface area contributed by atoms with E-state index < -0.39 is 0 Å². The van der Waals surface area contributed by atoms with Crippen LogP contribution in [-0.2, 0) is 6.42 Å². The van der Waals surface area contributed by atoms with Gasteiger partial charge < -0.3 is 0 Å². The van der Waals surface area contributed by atoms with Crippen LogP contribution in [0.3, 0.4) is 0 Å². The third-order valence-corrected chi connectivity index (χ3v) is 3.17. The molecule has 1 heterocycles. The van der Waals surface area contributed by atoms with Crippen molar-refractivity contribution in [3.8, 4) is 0 Å². The summed E-state index contributed by atoms with van der Waals surface area (Å²) in [5.41, 5.74) is 2.14. The number of aryl methyl sites for hydroxylation is 1. The third-order valence-electron chi connectivity index (χ3n) is 2.88. The molecule has 0 spiro atoms. The van der Waals surface area contributed by atoms with Crippen LogP contribution in [0.5, 0.6) is 0 Å². The molecule has 82 valence electrons. The summed E-state index contributed by atoms with van der Waals surface area (Å²) in [7, 11) is 0. The van der Waals surface area contributed by atoms with Crippen LogP contribution in [0.4, 0.5) is 0 Å². The number of rotatable bonds is 3. The standard InChI is InChI=1S/C12H17ClN2/c1-7(2)11-8(3)14-10(15-12(11)13)6-9-4-5-9/h7,9H,4-6H2,1-3H3. The Morgan fingerprint density at radius 3 is 2.47 bits per heavy atom. The van der Waals surface area contributed by atoms with Crippen LogP contribution >= 0.6 is 11.6 Å². The minimum atomic E-state index is 0.396. The van der Waals surface area contributed by atoms with Gasteiger partial charge >= 0.3 is 0 Å². The van der Waals surface area contributed by atoms with Gasteiger partial charge in [0.05, 0.1) is 0 Å². The zero-order valence-electron chi connectivity index (χ0n) is 9.55. The van der Waals surface area contributed by atoms with E-state index in [-0.39, 0.29) is 0 Å². The van der Waals surface area contributed by atoms with Crippen molar-refractivity contribution in [2.45, 2.75) is 46.0 Å². The molecular formula is C12H17ClN2. The lowest BCUT2D eigenvalue weighted by Gasteiger charge is -2.11. The van der Waals surface area contributed by atoms with Crippen LogP contribution in [-0.4, -0.2) is 9.97 Å². The van der Waals surface area contributed by atoms with Gasteiger partial charge in [-0.25, -0.2) is 9.97 Å². The Bertz CT molecular complexity index is 347. The molecule has 2 rings (SSSR count). The normalized spacial score (nSPS) is 16.1. The third kappa shape index (κ3) is 2.49. The van der Waals surface area contributed by atoms with E-state index in [9.17, 15) is 0 Å². The lowest BCUT2D eigenvalue weighted by atomic mass is 10.0. The summed E-state index contributed by atoms with van der Waals surface area (Å²) in [6.07, 6.45) is 3.65. The van der Waals surface area contributed by atoms with E-state index in [2.05, 4.69) is 23.8 Å². The molecule has 0 amide bonds. The molecule has 0 saturated heterocycles. The molecule has 0 unspecified atom stereocenters. The van der Waals surface area contributed by atoms with Crippen molar-refractivity contribution in [1.29, 1.82) is 0 Å². The van der Waals surface area contributed by atoms with Crippen LogP contribution < -0.4 is 0 Å². The van der Waals surface area contributed by atoms with Gasteiger partial charge in [0, 0.05) is 17.7 Å². The molecule has 1 aromatic heterocycles. The first-order valence-electron chi connectivity index (χ1n) is 5.61. The Morgan fingerprint density at radius 1 is 1.33 bits per heavy atom. The van der Waals surface area contributed by atoms with Crippen LogP contribution in [0.1, 0.15) is 49.7 Å². The van der Waals surface area contributed by atoms with E-state index in [0.717, 1.165) is 29.4 Å². The molecule has 1 aliphatic rings. The Balaban J connectivity index is 2.28. The van der Waals surface area contributed by atoms with Gasteiger partial charge in [-0.3, -0.25) is 0 Å². The zero-order chi connectivity index (χ0) is 11.0. The van der Waals surface area contributed by atoms with Crippen molar-refractivity contribution in [3.05, 3.63) is 22.2 Å². The van der Waals surface area contributed by atoms with Gasteiger partial charge in [-0.05, 0) is 31.6 Å². The van der Waals surface area contributed by atoms with E-state index in [1.165, 1.54) is 12.8 Å². The molecule has 0 bridgehead atoms. The minimum Gasteiger partial charge on any atom is -0.238 e. The van der Waals surface area contributed by atoms with Crippen molar-refractivity contribution < 1.29 is 0 Å². The van der Waals surface area contributed by atoms with Gasteiger partial charge in [0.2, 0.25) is 0 Å². The summed E-state index contributed by atoms with van der Waals surface area (Å²) < 4.78 is 0. The SMILES string of the molecule is Cc1nc(CC2CC2)nc(Cl)c1C(C)C. The number of hydrogen-bond donors (Lipinski definition) is 0. The van der Waals surface area contributed by atoms with E-state index in [0.29, 0.717) is 11.1 Å². The predicted octanol–water partition coefficient (Wildman–Crippen LogP) is 3.51. The summed E-state index contributed by atoms with van der Waals surface area (Å²) in [6, 6.07) is 0. The first-order valence-corrected chi connectivity index (χ1v) is 5.98. The molecular weight excluding hydrogens is 208 g/mol. The quantitative estimate of drug-likeness (QED) is 0.735. The molecule has 1 fully saturated rings. The highest BCUT2D eigenvalue weighted by Crippen LogP contribution is 2.33. The van der Waals surface area contributed by atoms with Crippen molar-refractivity contribution >= 4 is 11.6 Å². The highest BCUT2D eigenvalue weighted by Gasteiger charge is 2.23. The van der Waals surface area contributed by atoms with E-state index in [4.69, 9.17) is 11.6 Å². The molecule has 1 aromatic rings. The number of hydrogen-bond acceptors (Lipinski definition) is 2. The average Bonchev–Trinajstić information content (AvgIpc) is 2.85. The summed E-state index contributed by atoms with van der Waals surface area (Å²) in [6.45, 7) is 6.27. The number of aromatic nitrogens is 2. The maximum atomic E-state index is 6.18. The van der Waals surface area contributed by atoms with Crippen LogP contribution in [0.15, 0.2) is 0 Å². The van der Waals surface area contributed by atoms with Crippen LogP contribution in [0.2, 0.25) is 5.15 Å². The summed E-state index contributed by atoms with van der Waals surface area (Å²) in [5, 5.41) is 0.646. The van der Waals surface area contributed by atoms with Gasteiger partial charge in [-0.2, -0.15) is 0 Å². The summed E-state index contributed by atoms with van der Waals surface area (Å²) >= 11 is 6.18. The molecule has 0 radical (unpaired) electrons. The molecule has 1 aliphatic carbocycles. The summed E-state index contributed by atoms with van der Waals surface area (Å²) in [4.78, 5) is 8.93. The Kier molecular flexibility index (Phi) is 2.96. The molecule has 3 heteroatoms. The smallest absolute Gasteiger partial charge is 0.136 e. The molecule has 0 N–H and O–H groups in total. The Labute approximate surface area is 96.1 Å². The lowest BCUT2D eigenvalue weighted by Crippen LogP contribution is -2.05. The van der Waals surface area contributed by atoms with Gasteiger partial charge in [0.15, 0.2) is 0 Å². The molecule has 1 saturated carbocycles. The summed E-state index contributed by atoms with van der Waals surface area (Å²) in [5.74, 6) is 2.13. The fourth-order valence-electron chi connectivity index (χ4n) is 1.93. The number of nitrogens with zero attached hydrogens (tertiary/aromatic N) is 2. The largest absolute Gasteiger partial charge is 0.238 e. The van der Waals surface area contributed by atoms with Gasteiger partial charge in [-0.1, -0.05) is 25.4 Å². The number of halogens is 1. The fourth-order valence-corrected chi connectivity index (χ4v) is 2.38. The van der Waals surface area contributed by atoms with E-state index >= 15 is 0 Å². The van der Waals surface area contributed by atoms with Crippen molar-refractivity contribution in [2.75, 3.05) is 0 Å². The monoisotopic (exact) mass is 224 g/mol. The maximum absolute atomic E-state index is 6.18. The first kappa shape index (κ1) is 10.9.